The predicted octanol–water partition coefficient (Wildman–Crippen LogP) is 2.57. The lowest BCUT2D eigenvalue weighted by molar-refractivity contribution is -0.183. The van der Waals surface area contributed by atoms with Crippen LogP contribution in [0.3, 0.4) is 0 Å². The molecule has 3 fully saturated rings. The van der Waals surface area contributed by atoms with Crippen LogP contribution in [0, 0.1) is 11.3 Å². The number of para-hydroxylation sites is 1. The van der Waals surface area contributed by atoms with Crippen molar-refractivity contribution in [2.45, 2.75) is 31.8 Å². The van der Waals surface area contributed by atoms with Crippen LogP contribution in [0.25, 0.3) is 10.9 Å². The first-order chi connectivity index (χ1) is 12.7. The molecule has 6 rings (SSSR count). The number of benzene rings is 1. The molecule has 1 aromatic heterocycles. The molecule has 26 heavy (non-hydrogen) atoms. The van der Waals surface area contributed by atoms with E-state index in [2.05, 4.69) is 34.2 Å². The van der Waals surface area contributed by atoms with Crippen molar-refractivity contribution in [3.63, 3.8) is 0 Å². The molecule has 5 heterocycles. The highest BCUT2D eigenvalue weighted by Gasteiger charge is 2.64. The van der Waals surface area contributed by atoms with Crippen molar-refractivity contribution in [1.29, 1.82) is 0 Å². The van der Waals surface area contributed by atoms with E-state index in [-0.39, 0.29) is 30.6 Å². The fourth-order valence-corrected chi connectivity index (χ4v) is 5.88. The third kappa shape index (κ3) is 1.75. The molecule has 2 N–H and O–H groups in total. The number of nitrogens with one attached hydrogen (secondary N) is 1. The lowest BCUT2D eigenvalue weighted by Crippen LogP contribution is -2.69. The van der Waals surface area contributed by atoms with E-state index in [1.807, 2.05) is 13.0 Å². The number of aliphatic hydroxyl groups is 1. The van der Waals surface area contributed by atoms with Gasteiger partial charge in [-0.25, -0.2) is 0 Å². The average Bonchev–Trinajstić information content (AvgIpc) is 3.06. The van der Waals surface area contributed by atoms with E-state index in [1.54, 1.807) is 0 Å². The highest BCUT2D eigenvalue weighted by atomic mass is 16.5. The van der Waals surface area contributed by atoms with Gasteiger partial charge in [0.05, 0.1) is 19.8 Å². The van der Waals surface area contributed by atoms with E-state index < -0.39 is 5.41 Å². The lowest BCUT2D eigenvalue weighted by Gasteiger charge is -2.62. The monoisotopic (exact) mass is 352 g/mol. The highest BCUT2D eigenvalue weighted by Crippen LogP contribution is 2.59. The van der Waals surface area contributed by atoms with E-state index in [0.717, 1.165) is 24.9 Å². The molecule has 4 aliphatic heterocycles. The first kappa shape index (κ1) is 16.1. The third-order valence-electron chi connectivity index (χ3n) is 7.06. The lowest BCUT2D eigenvalue weighted by atomic mass is 9.55. The Bertz CT molecular complexity index is 930. The zero-order valence-electron chi connectivity index (χ0n) is 15.2. The summed E-state index contributed by atoms with van der Waals surface area (Å²) in [6, 6.07) is 8.61. The third-order valence-corrected chi connectivity index (χ3v) is 7.06. The van der Waals surface area contributed by atoms with E-state index in [0.29, 0.717) is 0 Å². The summed E-state index contributed by atoms with van der Waals surface area (Å²) in [7, 11) is 1.43. The number of carbonyl (C=O) groups is 1. The second-order valence-corrected chi connectivity index (χ2v) is 7.81. The number of aromatic amines is 1. The average molecular weight is 352 g/mol. The Kier molecular flexibility index (Phi) is 3.37. The normalized spacial score (nSPS) is 36.3. The van der Waals surface area contributed by atoms with Gasteiger partial charge in [0, 0.05) is 35.1 Å². The van der Waals surface area contributed by atoms with Crippen LogP contribution in [0.5, 0.6) is 0 Å². The number of aromatic nitrogens is 1. The molecule has 0 aliphatic carbocycles. The van der Waals surface area contributed by atoms with E-state index in [9.17, 15) is 9.90 Å². The molecule has 136 valence electrons. The van der Waals surface area contributed by atoms with Gasteiger partial charge in [0.25, 0.3) is 0 Å². The summed E-state index contributed by atoms with van der Waals surface area (Å²) in [6.07, 6.45) is 3.72. The fraction of sp³-hybridized carbons (Fsp3) is 0.476. The number of hydrogen-bond donors (Lipinski definition) is 2. The number of rotatable bonds is 2. The van der Waals surface area contributed by atoms with Crippen LogP contribution < -0.4 is 0 Å². The molecule has 5 nitrogen and oxygen atoms in total. The number of methoxy groups -OCH3 is 1. The van der Waals surface area contributed by atoms with Crippen LogP contribution in [-0.4, -0.2) is 47.3 Å². The number of hydrogen-bond acceptors (Lipinski definition) is 4. The van der Waals surface area contributed by atoms with Gasteiger partial charge in [0.15, 0.2) is 0 Å². The van der Waals surface area contributed by atoms with Crippen LogP contribution in [-0.2, 0) is 16.0 Å². The largest absolute Gasteiger partial charge is 0.468 e. The number of allylic oxidation sites excluding steroid dienone is 1. The van der Waals surface area contributed by atoms with E-state index in [1.165, 1.54) is 29.3 Å². The molecule has 0 saturated carbocycles. The summed E-state index contributed by atoms with van der Waals surface area (Å²) in [5.74, 6) is -0.245. The Hall–Kier alpha value is -2.11. The van der Waals surface area contributed by atoms with Crippen molar-refractivity contribution in [2.75, 3.05) is 20.3 Å². The molecule has 2 aromatic rings. The molecule has 1 aromatic carbocycles. The Morgan fingerprint density at radius 3 is 3.00 bits per heavy atom. The maximum absolute atomic E-state index is 12.9. The molecule has 0 amide bonds. The Morgan fingerprint density at radius 1 is 1.46 bits per heavy atom. The molecular weight excluding hydrogens is 328 g/mol. The number of ether oxygens (including phenoxy) is 1. The summed E-state index contributed by atoms with van der Waals surface area (Å²) < 4.78 is 5.22. The number of fused-ring (bicyclic) bond motifs is 4. The zero-order valence-corrected chi connectivity index (χ0v) is 15.2. The van der Waals surface area contributed by atoms with Crippen molar-refractivity contribution in [3.05, 3.63) is 47.2 Å². The first-order valence-electron chi connectivity index (χ1n) is 9.35. The minimum Gasteiger partial charge on any atom is -0.468 e. The van der Waals surface area contributed by atoms with Gasteiger partial charge in [-0.1, -0.05) is 29.8 Å². The maximum atomic E-state index is 12.9. The Morgan fingerprint density at radius 2 is 2.27 bits per heavy atom. The van der Waals surface area contributed by atoms with Crippen molar-refractivity contribution in [1.82, 2.24) is 9.88 Å². The smallest absolute Gasteiger partial charge is 0.316 e. The first-order valence-corrected chi connectivity index (χ1v) is 9.35. The minimum atomic E-state index is -0.874. The van der Waals surface area contributed by atoms with Crippen molar-refractivity contribution in [3.8, 4) is 0 Å². The number of esters is 1. The number of piperidine rings is 3. The topological polar surface area (TPSA) is 65.6 Å². The predicted molar refractivity (Wildman–Crippen MR) is 98.6 cm³/mol. The highest BCUT2D eigenvalue weighted by molar-refractivity contribution is 5.86. The maximum Gasteiger partial charge on any atom is 0.316 e. The SMILES string of the molecule is C/C=C1\CN2[C@H]3Cc4c([nH]c5ccccc45)[C@@H]2C[C@@H]1C3(CO)C(=O)OC. The number of H-pyrrole nitrogens is 1. The Balaban J connectivity index is 1.73. The fourth-order valence-electron chi connectivity index (χ4n) is 5.88. The molecule has 2 unspecified atom stereocenters. The van der Waals surface area contributed by atoms with Gasteiger partial charge in [0.1, 0.15) is 5.41 Å². The molecule has 3 saturated heterocycles. The van der Waals surface area contributed by atoms with Gasteiger partial charge in [-0.05, 0) is 31.4 Å². The molecule has 0 spiro atoms. The van der Waals surface area contributed by atoms with Crippen molar-refractivity contribution < 1.29 is 14.6 Å². The molecule has 5 atom stereocenters. The minimum absolute atomic E-state index is 0.0286. The van der Waals surface area contributed by atoms with Crippen molar-refractivity contribution >= 4 is 16.9 Å². The number of carbonyl (C=O) groups excluding carboxylic acids is 1. The molecule has 5 heteroatoms. The van der Waals surface area contributed by atoms with Crippen LogP contribution >= 0.6 is 0 Å². The van der Waals surface area contributed by atoms with Crippen molar-refractivity contribution in [2.24, 2.45) is 11.3 Å². The van der Waals surface area contributed by atoms with Gasteiger partial charge < -0.3 is 14.8 Å². The Labute approximate surface area is 152 Å². The summed E-state index contributed by atoms with van der Waals surface area (Å²) >= 11 is 0. The summed E-state index contributed by atoms with van der Waals surface area (Å²) in [5, 5.41) is 11.7. The molecule has 4 aliphatic rings. The van der Waals surface area contributed by atoms with Crippen LogP contribution in [0.4, 0.5) is 0 Å². The second kappa shape index (κ2) is 5.44. The van der Waals surface area contributed by atoms with Crippen LogP contribution in [0.2, 0.25) is 0 Å². The van der Waals surface area contributed by atoms with Gasteiger partial charge in [-0.2, -0.15) is 0 Å². The second-order valence-electron chi connectivity index (χ2n) is 7.81. The summed E-state index contributed by atoms with van der Waals surface area (Å²) in [6.45, 7) is 2.72. The van der Waals surface area contributed by atoms with Gasteiger partial charge in [-0.3, -0.25) is 9.69 Å². The summed E-state index contributed by atoms with van der Waals surface area (Å²) in [4.78, 5) is 19.0. The standard InChI is InChI=1S/C21H24N2O3/c1-3-12-10-23-17-9-15(12)21(11-24,20(25)26-2)18(23)8-14-13-6-4-5-7-16(13)22-19(14)17/h3-7,15,17-18,22,24H,8-11H2,1-2H3/b12-3+/t15-,17-,18-,21?/m0/s1. The van der Waals surface area contributed by atoms with Gasteiger partial charge in [0.2, 0.25) is 0 Å². The van der Waals surface area contributed by atoms with E-state index in [4.69, 9.17) is 4.74 Å². The molecule has 4 bridgehead atoms. The summed E-state index contributed by atoms with van der Waals surface area (Å²) in [5.41, 5.74) is 4.12. The van der Waals surface area contributed by atoms with E-state index >= 15 is 0 Å². The number of aliphatic hydroxyl groups excluding tert-OH is 1. The zero-order chi connectivity index (χ0) is 18.1. The van der Waals surface area contributed by atoms with Gasteiger partial charge >= 0.3 is 5.97 Å². The quantitative estimate of drug-likeness (QED) is 0.644. The number of nitrogens with zero attached hydrogens (tertiary/aromatic N) is 1. The van der Waals surface area contributed by atoms with Gasteiger partial charge in [-0.15, -0.1) is 0 Å². The van der Waals surface area contributed by atoms with Crippen LogP contribution in [0.1, 0.15) is 30.6 Å². The van der Waals surface area contributed by atoms with Crippen LogP contribution in [0.15, 0.2) is 35.9 Å². The molecule has 0 radical (unpaired) electrons. The molecular formula is C21H24N2O3.